The average Bonchev–Trinajstić information content (AvgIpc) is 2.39. The summed E-state index contributed by atoms with van der Waals surface area (Å²) >= 11 is 0. The van der Waals surface area contributed by atoms with Gasteiger partial charge in [0.2, 0.25) is 5.91 Å². The number of nitrogens with zero attached hydrogens (tertiary/aromatic N) is 1. The highest BCUT2D eigenvalue weighted by atomic mass is 16.5. The zero-order valence-electron chi connectivity index (χ0n) is 11.3. The highest BCUT2D eigenvalue weighted by Crippen LogP contribution is 2.20. The third-order valence-electron chi connectivity index (χ3n) is 3.55. The maximum Gasteiger partial charge on any atom is 0.239 e. The highest BCUT2D eigenvalue weighted by molar-refractivity contribution is 5.82. The summed E-state index contributed by atoms with van der Waals surface area (Å²) in [5.41, 5.74) is 5.94. The van der Waals surface area contributed by atoms with Crippen molar-refractivity contribution < 1.29 is 14.6 Å². The van der Waals surface area contributed by atoms with Crippen LogP contribution in [0.15, 0.2) is 0 Å². The molecule has 1 heterocycles. The van der Waals surface area contributed by atoms with Crippen molar-refractivity contribution in [2.24, 2.45) is 5.73 Å². The zero-order chi connectivity index (χ0) is 13.4. The van der Waals surface area contributed by atoms with Crippen molar-refractivity contribution >= 4 is 5.91 Å². The van der Waals surface area contributed by atoms with E-state index in [-0.39, 0.29) is 18.6 Å². The van der Waals surface area contributed by atoms with Crippen LogP contribution >= 0.6 is 0 Å². The first kappa shape index (κ1) is 15.4. The van der Waals surface area contributed by atoms with Crippen LogP contribution in [0.4, 0.5) is 0 Å². The molecule has 1 saturated heterocycles. The largest absolute Gasteiger partial charge is 0.396 e. The van der Waals surface area contributed by atoms with Gasteiger partial charge in [-0.25, -0.2) is 0 Å². The Morgan fingerprint density at radius 3 is 3.00 bits per heavy atom. The molecule has 0 radical (unpaired) electrons. The molecule has 0 saturated carbocycles. The fourth-order valence-electron chi connectivity index (χ4n) is 2.52. The van der Waals surface area contributed by atoms with Crippen LogP contribution in [0.3, 0.4) is 0 Å². The Balaban J connectivity index is 2.45. The van der Waals surface area contributed by atoms with Gasteiger partial charge in [-0.2, -0.15) is 0 Å². The summed E-state index contributed by atoms with van der Waals surface area (Å²) in [6, 6.07) is -0.260. The molecule has 0 aromatic carbocycles. The first-order chi connectivity index (χ1) is 8.70. The number of nitrogens with two attached hydrogens (primary N) is 1. The number of methoxy groups -OCH3 is 1. The van der Waals surface area contributed by atoms with Crippen molar-refractivity contribution in [2.75, 3.05) is 26.9 Å². The predicted octanol–water partition coefficient (Wildman–Crippen LogP) is 0.504. The van der Waals surface area contributed by atoms with E-state index in [0.29, 0.717) is 19.4 Å². The Kier molecular flexibility index (Phi) is 7.23. The predicted molar refractivity (Wildman–Crippen MR) is 70.1 cm³/mol. The second-order valence-electron chi connectivity index (χ2n) is 4.94. The van der Waals surface area contributed by atoms with E-state index in [9.17, 15) is 4.79 Å². The number of carbonyl (C=O) groups excluding carboxylic acids is 1. The van der Waals surface area contributed by atoms with Crippen molar-refractivity contribution in [3.05, 3.63) is 0 Å². The number of piperidine rings is 1. The molecule has 106 valence electrons. The normalized spacial score (nSPS) is 21.9. The highest BCUT2D eigenvalue weighted by Gasteiger charge is 2.29. The number of aliphatic hydroxyl groups is 1. The quantitative estimate of drug-likeness (QED) is 0.652. The molecule has 5 nitrogen and oxygen atoms in total. The van der Waals surface area contributed by atoms with Gasteiger partial charge in [0, 0.05) is 32.9 Å². The molecule has 5 heteroatoms. The molecule has 2 unspecified atom stereocenters. The molecule has 1 rings (SSSR count). The molecule has 0 aromatic heterocycles. The molecular formula is C13H26N2O3. The first-order valence-corrected chi connectivity index (χ1v) is 6.86. The number of amides is 1. The maximum absolute atomic E-state index is 12.3. The summed E-state index contributed by atoms with van der Waals surface area (Å²) in [5, 5.41) is 9.04. The van der Waals surface area contributed by atoms with E-state index in [1.807, 2.05) is 4.90 Å². The average molecular weight is 258 g/mol. The van der Waals surface area contributed by atoms with E-state index in [2.05, 4.69) is 0 Å². The number of rotatable bonds is 7. The fourth-order valence-corrected chi connectivity index (χ4v) is 2.52. The second-order valence-corrected chi connectivity index (χ2v) is 4.94. The molecule has 1 fully saturated rings. The maximum atomic E-state index is 12.3. The zero-order valence-corrected chi connectivity index (χ0v) is 11.3. The Bertz CT molecular complexity index is 246. The second kappa shape index (κ2) is 8.45. The third kappa shape index (κ3) is 4.55. The molecule has 0 aliphatic carbocycles. The summed E-state index contributed by atoms with van der Waals surface area (Å²) in [5.74, 6) is 0.0317. The summed E-state index contributed by atoms with van der Waals surface area (Å²) < 4.78 is 4.96. The van der Waals surface area contributed by atoms with Crippen LogP contribution in [-0.2, 0) is 9.53 Å². The van der Waals surface area contributed by atoms with Gasteiger partial charge in [0.25, 0.3) is 0 Å². The van der Waals surface area contributed by atoms with E-state index >= 15 is 0 Å². The van der Waals surface area contributed by atoms with Gasteiger partial charge < -0.3 is 20.5 Å². The molecule has 1 aliphatic rings. The lowest BCUT2D eigenvalue weighted by Crippen LogP contribution is -2.51. The minimum absolute atomic E-state index is 0.0317. The number of aliphatic hydroxyl groups excluding tert-OH is 1. The summed E-state index contributed by atoms with van der Waals surface area (Å²) in [7, 11) is 1.65. The van der Waals surface area contributed by atoms with Gasteiger partial charge in [-0.15, -0.1) is 0 Å². The van der Waals surface area contributed by atoms with Crippen LogP contribution < -0.4 is 5.73 Å². The van der Waals surface area contributed by atoms with Gasteiger partial charge in [0.15, 0.2) is 0 Å². The summed E-state index contributed by atoms with van der Waals surface area (Å²) in [6.45, 7) is 1.55. The SMILES string of the molecule is COCCCC(N)C(=O)N1CCCCC1CCO. The molecule has 0 aromatic rings. The first-order valence-electron chi connectivity index (χ1n) is 6.86. The lowest BCUT2D eigenvalue weighted by atomic mass is 9.98. The van der Waals surface area contributed by atoms with Gasteiger partial charge in [0.05, 0.1) is 6.04 Å². The smallest absolute Gasteiger partial charge is 0.239 e. The van der Waals surface area contributed by atoms with Crippen LogP contribution in [0.5, 0.6) is 0 Å². The number of hydrogen-bond donors (Lipinski definition) is 2. The molecule has 1 amide bonds. The van der Waals surface area contributed by atoms with E-state index in [4.69, 9.17) is 15.6 Å². The standard InChI is InChI=1S/C13H26N2O3/c1-18-10-4-6-12(14)13(17)15-8-3-2-5-11(15)7-9-16/h11-12,16H,2-10,14H2,1H3. The third-order valence-corrected chi connectivity index (χ3v) is 3.55. The molecule has 18 heavy (non-hydrogen) atoms. The van der Waals surface area contributed by atoms with Crippen LogP contribution in [0.1, 0.15) is 38.5 Å². The number of carbonyl (C=O) groups is 1. The van der Waals surface area contributed by atoms with Crippen LogP contribution in [0.2, 0.25) is 0 Å². The minimum atomic E-state index is -0.431. The number of hydrogen-bond acceptors (Lipinski definition) is 4. The number of likely N-dealkylation sites (tertiary alicyclic amines) is 1. The van der Waals surface area contributed by atoms with Crippen molar-refractivity contribution in [3.8, 4) is 0 Å². The van der Waals surface area contributed by atoms with Gasteiger partial charge in [-0.05, 0) is 38.5 Å². The molecule has 2 atom stereocenters. The van der Waals surface area contributed by atoms with Gasteiger partial charge in [0.1, 0.15) is 0 Å². The van der Waals surface area contributed by atoms with E-state index in [1.165, 1.54) is 0 Å². The lowest BCUT2D eigenvalue weighted by Gasteiger charge is -2.37. The summed E-state index contributed by atoms with van der Waals surface area (Å²) in [6.07, 6.45) is 5.29. The van der Waals surface area contributed by atoms with Crippen molar-refractivity contribution in [2.45, 2.75) is 50.6 Å². The van der Waals surface area contributed by atoms with Crippen LogP contribution in [0.25, 0.3) is 0 Å². The van der Waals surface area contributed by atoms with Gasteiger partial charge in [-0.3, -0.25) is 4.79 Å². The topological polar surface area (TPSA) is 75.8 Å². The van der Waals surface area contributed by atoms with E-state index < -0.39 is 6.04 Å². The number of ether oxygens (including phenoxy) is 1. The molecule has 0 bridgehead atoms. The Morgan fingerprint density at radius 2 is 2.33 bits per heavy atom. The molecule has 3 N–H and O–H groups in total. The molecule has 1 aliphatic heterocycles. The van der Waals surface area contributed by atoms with Crippen molar-refractivity contribution in [1.82, 2.24) is 4.90 Å². The minimum Gasteiger partial charge on any atom is -0.396 e. The summed E-state index contributed by atoms with van der Waals surface area (Å²) in [4.78, 5) is 14.1. The van der Waals surface area contributed by atoms with Gasteiger partial charge in [-0.1, -0.05) is 0 Å². The van der Waals surface area contributed by atoms with E-state index in [0.717, 1.165) is 32.2 Å². The lowest BCUT2D eigenvalue weighted by molar-refractivity contribution is -0.136. The van der Waals surface area contributed by atoms with Crippen molar-refractivity contribution in [3.63, 3.8) is 0 Å². The van der Waals surface area contributed by atoms with Crippen LogP contribution in [0, 0.1) is 0 Å². The Labute approximate surface area is 109 Å². The molecular weight excluding hydrogens is 232 g/mol. The van der Waals surface area contributed by atoms with Crippen LogP contribution in [-0.4, -0.2) is 54.9 Å². The Hall–Kier alpha value is -0.650. The molecule has 0 spiro atoms. The van der Waals surface area contributed by atoms with Crippen molar-refractivity contribution in [1.29, 1.82) is 0 Å². The monoisotopic (exact) mass is 258 g/mol. The van der Waals surface area contributed by atoms with Gasteiger partial charge >= 0.3 is 0 Å². The fraction of sp³-hybridized carbons (Fsp3) is 0.923. The Morgan fingerprint density at radius 1 is 1.56 bits per heavy atom. The van der Waals surface area contributed by atoms with E-state index in [1.54, 1.807) is 7.11 Å².